The van der Waals surface area contributed by atoms with Crippen LogP contribution in [0, 0.1) is 11.3 Å². The van der Waals surface area contributed by atoms with E-state index in [1.807, 2.05) is 19.9 Å². The van der Waals surface area contributed by atoms with Crippen molar-refractivity contribution in [3.63, 3.8) is 0 Å². The van der Waals surface area contributed by atoms with Crippen molar-refractivity contribution in [2.45, 2.75) is 19.4 Å². The third-order valence-corrected chi connectivity index (χ3v) is 4.22. The van der Waals surface area contributed by atoms with Crippen LogP contribution in [0.5, 0.6) is 0 Å². The normalized spacial score (nSPS) is 17.3. The van der Waals surface area contributed by atoms with Crippen LogP contribution in [0.15, 0.2) is 16.7 Å². The molecule has 102 valence electrons. The molecule has 4 nitrogen and oxygen atoms in total. The van der Waals surface area contributed by atoms with E-state index in [4.69, 9.17) is 16.9 Å². The van der Waals surface area contributed by atoms with Crippen molar-refractivity contribution in [3.8, 4) is 6.07 Å². The smallest absolute Gasteiger partial charge is 0.143 e. The molecule has 0 aromatic carbocycles. The monoisotopic (exact) mass is 342 g/mol. The Morgan fingerprint density at radius 3 is 2.53 bits per heavy atom. The quantitative estimate of drug-likeness (QED) is 0.828. The molecule has 2 rings (SSSR count). The summed E-state index contributed by atoms with van der Waals surface area (Å²) in [5.41, 5.74) is -0.406. The van der Waals surface area contributed by atoms with Crippen LogP contribution in [-0.4, -0.2) is 41.6 Å². The van der Waals surface area contributed by atoms with E-state index in [0.29, 0.717) is 5.02 Å². The van der Waals surface area contributed by atoms with Crippen molar-refractivity contribution in [1.82, 2.24) is 9.88 Å². The molecule has 0 N–H and O–H groups in total. The van der Waals surface area contributed by atoms with Crippen molar-refractivity contribution >= 4 is 33.3 Å². The second-order valence-electron chi connectivity index (χ2n) is 5.10. The summed E-state index contributed by atoms with van der Waals surface area (Å²) in [5, 5.41) is 9.79. The number of piperazine rings is 1. The first-order valence-corrected chi connectivity index (χ1v) is 7.33. The Morgan fingerprint density at radius 1 is 1.37 bits per heavy atom. The number of rotatable bonds is 2. The van der Waals surface area contributed by atoms with Crippen molar-refractivity contribution in [1.29, 1.82) is 5.26 Å². The average Bonchev–Trinajstić information content (AvgIpc) is 2.39. The van der Waals surface area contributed by atoms with Gasteiger partial charge in [0, 0.05) is 32.4 Å². The second-order valence-corrected chi connectivity index (χ2v) is 6.39. The maximum Gasteiger partial charge on any atom is 0.143 e. The van der Waals surface area contributed by atoms with Gasteiger partial charge in [-0.3, -0.25) is 4.90 Å². The zero-order valence-electron chi connectivity index (χ0n) is 11.0. The molecule has 0 radical (unpaired) electrons. The molecule has 1 fully saturated rings. The van der Waals surface area contributed by atoms with Gasteiger partial charge in [-0.25, -0.2) is 4.98 Å². The molecule has 1 aliphatic heterocycles. The SMILES string of the molecule is CC(C)(C#N)N1CCN(c2ncc(Cl)cc2Br)CC1. The third-order valence-electron chi connectivity index (χ3n) is 3.43. The van der Waals surface area contributed by atoms with E-state index in [1.54, 1.807) is 6.20 Å². The Bertz CT molecular complexity index is 504. The fourth-order valence-electron chi connectivity index (χ4n) is 2.19. The topological polar surface area (TPSA) is 43.2 Å². The minimum absolute atomic E-state index is 0.406. The van der Waals surface area contributed by atoms with E-state index >= 15 is 0 Å². The Morgan fingerprint density at radius 2 is 2.00 bits per heavy atom. The summed E-state index contributed by atoms with van der Waals surface area (Å²) in [6.45, 7) is 7.35. The van der Waals surface area contributed by atoms with Crippen molar-refractivity contribution < 1.29 is 0 Å². The highest BCUT2D eigenvalue weighted by molar-refractivity contribution is 9.10. The maximum atomic E-state index is 9.16. The summed E-state index contributed by atoms with van der Waals surface area (Å²) in [4.78, 5) is 8.79. The first kappa shape index (κ1) is 14.6. The van der Waals surface area contributed by atoms with Gasteiger partial charge in [0.1, 0.15) is 11.4 Å². The molecule has 0 saturated carbocycles. The molecule has 1 aromatic rings. The largest absolute Gasteiger partial charge is 0.353 e. The van der Waals surface area contributed by atoms with Gasteiger partial charge >= 0.3 is 0 Å². The van der Waals surface area contributed by atoms with Crippen molar-refractivity contribution in [2.75, 3.05) is 31.1 Å². The lowest BCUT2D eigenvalue weighted by Gasteiger charge is -2.41. The van der Waals surface area contributed by atoms with Gasteiger partial charge < -0.3 is 4.90 Å². The summed E-state index contributed by atoms with van der Waals surface area (Å²) in [6.07, 6.45) is 1.66. The number of nitriles is 1. The number of hydrogen-bond acceptors (Lipinski definition) is 4. The molecular weight excluding hydrogens is 328 g/mol. The third kappa shape index (κ3) is 3.19. The van der Waals surface area contributed by atoms with E-state index in [2.05, 4.69) is 36.8 Å². The van der Waals surface area contributed by atoms with Gasteiger partial charge in [0.25, 0.3) is 0 Å². The molecule has 0 bridgehead atoms. The summed E-state index contributed by atoms with van der Waals surface area (Å²) in [7, 11) is 0. The Labute approximate surface area is 127 Å². The molecule has 1 saturated heterocycles. The van der Waals surface area contributed by atoms with Crippen molar-refractivity contribution in [3.05, 3.63) is 21.8 Å². The first-order chi connectivity index (χ1) is 8.94. The first-order valence-electron chi connectivity index (χ1n) is 6.16. The molecule has 2 heterocycles. The van der Waals surface area contributed by atoms with Gasteiger partial charge in [-0.2, -0.15) is 5.26 Å². The Hall–Kier alpha value is -0.830. The number of hydrogen-bond donors (Lipinski definition) is 0. The number of anilines is 1. The molecule has 19 heavy (non-hydrogen) atoms. The van der Waals surface area contributed by atoms with Crippen LogP contribution in [0.1, 0.15) is 13.8 Å². The molecule has 1 aromatic heterocycles. The van der Waals surface area contributed by atoms with E-state index in [9.17, 15) is 0 Å². The van der Waals surface area contributed by atoms with Crippen LogP contribution < -0.4 is 4.90 Å². The Kier molecular flexibility index (Phi) is 4.34. The van der Waals surface area contributed by atoms with Gasteiger partial charge in [-0.05, 0) is 35.8 Å². The standard InChI is InChI=1S/C13H16BrClN4/c1-13(2,9-16)19-5-3-18(4-6-19)12-11(14)7-10(15)8-17-12/h7-8H,3-6H2,1-2H3. The van der Waals surface area contributed by atoms with Crippen LogP contribution in [0.4, 0.5) is 5.82 Å². The average molecular weight is 344 g/mol. The predicted molar refractivity (Wildman–Crippen MR) is 80.4 cm³/mol. The summed E-state index contributed by atoms with van der Waals surface area (Å²) in [5.74, 6) is 0.916. The lowest BCUT2D eigenvalue weighted by molar-refractivity contribution is 0.157. The number of aromatic nitrogens is 1. The number of nitrogens with zero attached hydrogens (tertiary/aromatic N) is 4. The minimum Gasteiger partial charge on any atom is -0.353 e. The fraction of sp³-hybridized carbons (Fsp3) is 0.538. The zero-order chi connectivity index (χ0) is 14.0. The van der Waals surface area contributed by atoms with Crippen LogP contribution in [0.3, 0.4) is 0 Å². The second kappa shape index (κ2) is 5.66. The van der Waals surface area contributed by atoms with Gasteiger partial charge in [0.2, 0.25) is 0 Å². The van der Waals surface area contributed by atoms with E-state index < -0.39 is 5.54 Å². The number of halogens is 2. The molecule has 0 unspecified atom stereocenters. The highest BCUT2D eigenvalue weighted by atomic mass is 79.9. The number of pyridine rings is 1. The van der Waals surface area contributed by atoms with Crippen LogP contribution in [-0.2, 0) is 0 Å². The van der Waals surface area contributed by atoms with Crippen LogP contribution in [0.25, 0.3) is 0 Å². The molecule has 0 spiro atoms. The van der Waals surface area contributed by atoms with Gasteiger partial charge in [0.05, 0.1) is 15.6 Å². The predicted octanol–water partition coefficient (Wildman–Crippen LogP) is 2.92. The van der Waals surface area contributed by atoms with Gasteiger partial charge in [0.15, 0.2) is 0 Å². The minimum atomic E-state index is -0.406. The highest BCUT2D eigenvalue weighted by Crippen LogP contribution is 2.28. The fourth-order valence-corrected chi connectivity index (χ4v) is 3.08. The molecule has 1 aliphatic rings. The zero-order valence-corrected chi connectivity index (χ0v) is 13.4. The molecule has 0 aliphatic carbocycles. The Balaban J connectivity index is 2.06. The van der Waals surface area contributed by atoms with Gasteiger partial charge in [-0.1, -0.05) is 11.6 Å². The summed E-state index contributed by atoms with van der Waals surface area (Å²) in [6, 6.07) is 4.21. The van der Waals surface area contributed by atoms with Gasteiger partial charge in [-0.15, -0.1) is 0 Å². The summed E-state index contributed by atoms with van der Waals surface area (Å²) >= 11 is 9.40. The van der Waals surface area contributed by atoms with Crippen molar-refractivity contribution in [2.24, 2.45) is 0 Å². The molecule has 6 heteroatoms. The lowest BCUT2D eigenvalue weighted by atomic mass is 10.0. The molecular formula is C13H16BrClN4. The van der Waals surface area contributed by atoms with Crippen LogP contribution >= 0.6 is 27.5 Å². The van der Waals surface area contributed by atoms with E-state index in [0.717, 1.165) is 36.5 Å². The molecule has 0 atom stereocenters. The molecule has 0 amide bonds. The lowest BCUT2D eigenvalue weighted by Crippen LogP contribution is -2.54. The van der Waals surface area contributed by atoms with Crippen LogP contribution in [0.2, 0.25) is 5.02 Å². The highest BCUT2D eigenvalue weighted by Gasteiger charge is 2.30. The summed E-state index contributed by atoms with van der Waals surface area (Å²) < 4.78 is 0.910. The van der Waals surface area contributed by atoms with E-state index in [-0.39, 0.29) is 0 Å². The maximum absolute atomic E-state index is 9.16. The van der Waals surface area contributed by atoms with E-state index in [1.165, 1.54) is 0 Å².